The highest BCUT2D eigenvalue weighted by Crippen LogP contribution is 2.39. The Morgan fingerprint density at radius 2 is 1.74 bits per heavy atom. The molecule has 1 aliphatic rings. The van der Waals surface area contributed by atoms with E-state index in [-0.39, 0.29) is 0 Å². The second-order valence-corrected chi connectivity index (χ2v) is 8.99. The highest BCUT2D eigenvalue weighted by molar-refractivity contribution is 5.87. The monoisotopic (exact) mass is 466 g/mol. The zero-order chi connectivity index (χ0) is 24.5. The molecule has 180 valence electrons. The van der Waals surface area contributed by atoms with Gasteiger partial charge in [0.15, 0.2) is 11.9 Å². The van der Waals surface area contributed by atoms with Gasteiger partial charge in [-0.2, -0.15) is 0 Å². The van der Waals surface area contributed by atoms with Gasteiger partial charge in [0.1, 0.15) is 0 Å². The second-order valence-electron chi connectivity index (χ2n) is 8.99. The molecule has 4 nitrogen and oxygen atoms in total. The molecule has 0 fully saturated rings. The molecule has 1 aromatic heterocycles. The van der Waals surface area contributed by atoms with E-state index in [4.69, 9.17) is 10.6 Å². The lowest BCUT2D eigenvalue weighted by Gasteiger charge is -2.18. The minimum absolute atomic E-state index is 0.873. The van der Waals surface area contributed by atoms with Gasteiger partial charge in [-0.15, -0.1) is 0 Å². The average molecular weight is 467 g/mol. The van der Waals surface area contributed by atoms with Crippen LogP contribution in [0.25, 0.3) is 17.0 Å². The fourth-order valence-electron chi connectivity index (χ4n) is 4.43. The number of fused-ring (bicyclic) bond motifs is 2. The summed E-state index contributed by atoms with van der Waals surface area (Å²) in [5.74, 6) is 7.92. The normalized spacial score (nSPS) is 15.0. The van der Waals surface area contributed by atoms with Crippen molar-refractivity contribution in [1.82, 2.24) is 0 Å². The Morgan fingerprint density at radius 1 is 0.943 bits per heavy atom. The summed E-state index contributed by atoms with van der Waals surface area (Å²) in [5.41, 5.74) is 4.66. The molecular weight excluding hydrogens is 430 g/mol. The first-order valence-corrected chi connectivity index (χ1v) is 12.6. The molecular formula is C31H36N3O+. The van der Waals surface area contributed by atoms with Gasteiger partial charge in [0.05, 0.1) is 11.1 Å². The van der Waals surface area contributed by atoms with Crippen LogP contribution in [0.15, 0.2) is 103 Å². The molecule has 0 atom stereocenters. The first-order valence-electron chi connectivity index (χ1n) is 12.6. The van der Waals surface area contributed by atoms with Crippen LogP contribution in [-0.2, 0) is 0 Å². The van der Waals surface area contributed by atoms with Crippen LogP contribution < -0.4 is 20.2 Å². The zero-order valence-electron chi connectivity index (χ0n) is 20.9. The molecule has 1 aliphatic heterocycles. The van der Waals surface area contributed by atoms with Gasteiger partial charge in [0, 0.05) is 24.8 Å². The van der Waals surface area contributed by atoms with Crippen molar-refractivity contribution in [2.75, 3.05) is 17.3 Å². The summed E-state index contributed by atoms with van der Waals surface area (Å²) >= 11 is 0. The maximum Gasteiger partial charge on any atom is 0.242 e. The van der Waals surface area contributed by atoms with E-state index in [1.54, 1.807) is 4.68 Å². The molecule has 0 saturated carbocycles. The highest BCUT2D eigenvalue weighted by atomic mass is 16.5. The number of ether oxygens (including phenoxy) is 1. The van der Waals surface area contributed by atoms with Crippen molar-refractivity contribution in [2.24, 2.45) is 0 Å². The molecule has 0 amide bonds. The standard InChI is InChI=1S/C31H36N3O/c1-3-4-5-8-15-25(2)16-9-6-7-14-22-33-29-19-12-13-20-30(29)35-31(33)24-26-21-23-34(32)28-18-11-10-17-27(26)28/h3-5,8,10-13,15,17-21,23-24H,6-7,9,14,16,22,32H2,1-2H3/q+1. The van der Waals surface area contributed by atoms with E-state index in [9.17, 15) is 0 Å². The fraction of sp³-hybridized carbons (Fsp3) is 0.258. The molecule has 3 aromatic rings. The number of nitrogen functional groups attached to an aromatic ring is 1. The van der Waals surface area contributed by atoms with Crippen LogP contribution in [0.1, 0.15) is 51.5 Å². The molecule has 0 radical (unpaired) electrons. The van der Waals surface area contributed by atoms with Gasteiger partial charge in [-0.25, -0.2) is 5.84 Å². The molecule has 35 heavy (non-hydrogen) atoms. The van der Waals surface area contributed by atoms with Crippen LogP contribution >= 0.6 is 0 Å². The number of anilines is 1. The number of para-hydroxylation sites is 3. The molecule has 0 bridgehead atoms. The number of nitrogens with zero attached hydrogens (tertiary/aromatic N) is 2. The maximum absolute atomic E-state index is 6.30. The van der Waals surface area contributed by atoms with Gasteiger partial charge >= 0.3 is 0 Å². The van der Waals surface area contributed by atoms with E-state index in [0.29, 0.717) is 0 Å². The molecule has 2 heterocycles. The number of pyridine rings is 1. The third kappa shape index (κ3) is 6.21. The third-order valence-corrected chi connectivity index (χ3v) is 6.32. The largest absolute Gasteiger partial charge is 0.439 e. The third-order valence-electron chi connectivity index (χ3n) is 6.32. The highest BCUT2D eigenvalue weighted by Gasteiger charge is 2.26. The Morgan fingerprint density at radius 3 is 2.63 bits per heavy atom. The zero-order valence-corrected chi connectivity index (χ0v) is 20.9. The number of rotatable bonds is 10. The van der Waals surface area contributed by atoms with Crippen molar-refractivity contribution in [3.05, 3.63) is 108 Å². The van der Waals surface area contributed by atoms with Crippen LogP contribution in [0.3, 0.4) is 0 Å². The minimum Gasteiger partial charge on any atom is -0.439 e. The second kappa shape index (κ2) is 12.1. The lowest BCUT2D eigenvalue weighted by atomic mass is 10.1. The number of hydrogen-bond donors (Lipinski definition) is 1. The number of unbranched alkanes of at least 4 members (excludes halogenated alkanes) is 3. The van der Waals surface area contributed by atoms with Gasteiger partial charge in [-0.3, -0.25) is 0 Å². The lowest BCUT2D eigenvalue weighted by Crippen LogP contribution is -2.44. The summed E-state index contributed by atoms with van der Waals surface area (Å²) in [6.45, 7) is 5.19. The SMILES string of the molecule is CC=CC=CC=C(C)CCCCCCN1C(=Cc2cc[n+](N)c3ccccc23)Oc2ccccc21. The number of benzene rings is 2. The summed E-state index contributed by atoms with van der Waals surface area (Å²) in [5, 5.41) is 1.11. The Labute approximate surface area is 209 Å². The summed E-state index contributed by atoms with van der Waals surface area (Å²) in [6.07, 6.45) is 20.5. The smallest absolute Gasteiger partial charge is 0.242 e. The van der Waals surface area contributed by atoms with Crippen molar-refractivity contribution < 1.29 is 9.41 Å². The van der Waals surface area contributed by atoms with Gasteiger partial charge in [-0.1, -0.05) is 77.7 Å². The molecule has 2 aromatic carbocycles. The molecule has 0 spiro atoms. The van der Waals surface area contributed by atoms with Gasteiger partial charge in [0.2, 0.25) is 11.4 Å². The number of aromatic nitrogens is 1. The molecule has 2 N–H and O–H groups in total. The number of nitrogens with two attached hydrogens (primary N) is 1. The van der Waals surface area contributed by atoms with Crippen LogP contribution in [0.2, 0.25) is 0 Å². The van der Waals surface area contributed by atoms with Gasteiger partial charge in [-0.05, 0) is 56.9 Å². The Kier molecular flexibility index (Phi) is 8.39. The van der Waals surface area contributed by atoms with E-state index >= 15 is 0 Å². The Balaban J connectivity index is 1.40. The van der Waals surface area contributed by atoms with Crippen molar-refractivity contribution in [1.29, 1.82) is 0 Å². The molecule has 0 saturated heterocycles. The van der Waals surface area contributed by atoms with Gasteiger partial charge in [0.25, 0.3) is 0 Å². The first kappa shape index (κ1) is 24.3. The Hall–Kier alpha value is -3.79. The average Bonchev–Trinajstić information content (AvgIpc) is 3.23. The summed E-state index contributed by atoms with van der Waals surface area (Å²) in [4.78, 5) is 2.31. The minimum atomic E-state index is 0.873. The van der Waals surface area contributed by atoms with Crippen LogP contribution in [0.4, 0.5) is 5.69 Å². The number of allylic oxidation sites excluding steroid dienone is 6. The van der Waals surface area contributed by atoms with Crippen LogP contribution in [0, 0.1) is 0 Å². The maximum atomic E-state index is 6.30. The van der Waals surface area contributed by atoms with Crippen molar-refractivity contribution in [2.45, 2.75) is 46.0 Å². The molecule has 4 heteroatoms. The predicted octanol–water partition coefficient (Wildman–Crippen LogP) is 7.07. The van der Waals surface area contributed by atoms with E-state index in [1.807, 2.05) is 55.6 Å². The molecule has 4 rings (SSSR count). The van der Waals surface area contributed by atoms with Gasteiger partial charge < -0.3 is 9.64 Å². The summed E-state index contributed by atoms with van der Waals surface area (Å²) < 4.78 is 7.96. The number of hydrogen-bond acceptors (Lipinski definition) is 3. The van der Waals surface area contributed by atoms with Crippen LogP contribution in [0.5, 0.6) is 5.75 Å². The van der Waals surface area contributed by atoms with E-state index in [2.05, 4.69) is 60.4 Å². The predicted molar refractivity (Wildman–Crippen MR) is 147 cm³/mol. The van der Waals surface area contributed by atoms with Crippen molar-refractivity contribution in [3.8, 4) is 5.75 Å². The topological polar surface area (TPSA) is 42.4 Å². The summed E-state index contributed by atoms with van der Waals surface area (Å²) in [6, 6.07) is 18.5. The van der Waals surface area contributed by atoms with E-state index in [1.165, 1.54) is 24.8 Å². The van der Waals surface area contributed by atoms with Crippen LogP contribution in [-0.4, -0.2) is 6.54 Å². The van der Waals surface area contributed by atoms with E-state index < -0.39 is 0 Å². The van der Waals surface area contributed by atoms with E-state index in [0.717, 1.165) is 53.2 Å². The molecule has 0 aliphatic carbocycles. The Bertz CT molecular complexity index is 1270. The van der Waals surface area contributed by atoms with Crippen molar-refractivity contribution >= 4 is 22.7 Å². The quantitative estimate of drug-likeness (QED) is 0.150. The van der Waals surface area contributed by atoms with Crippen molar-refractivity contribution in [3.63, 3.8) is 0 Å². The summed E-state index contributed by atoms with van der Waals surface area (Å²) in [7, 11) is 0. The fourth-order valence-corrected chi connectivity index (χ4v) is 4.43. The molecule has 0 unspecified atom stereocenters. The lowest BCUT2D eigenvalue weighted by molar-refractivity contribution is -0.611. The first-order chi connectivity index (χ1) is 17.2.